The lowest BCUT2D eigenvalue weighted by Crippen LogP contribution is -2.05. The largest absolute Gasteiger partial charge is 0.282 e. The predicted molar refractivity (Wildman–Crippen MR) is 56.0 cm³/mol. The highest BCUT2D eigenvalue weighted by Crippen LogP contribution is 2.30. The smallest absolute Gasteiger partial charge is 0.0684 e. The third-order valence-electron chi connectivity index (χ3n) is 2.64. The van der Waals surface area contributed by atoms with E-state index in [9.17, 15) is 0 Å². The molecule has 0 spiro atoms. The molecule has 0 amide bonds. The summed E-state index contributed by atoms with van der Waals surface area (Å²) in [5, 5.41) is 7.37. The number of H-pyrrole nitrogens is 1. The van der Waals surface area contributed by atoms with Crippen LogP contribution < -0.4 is 0 Å². The van der Waals surface area contributed by atoms with E-state index in [-0.39, 0.29) is 0 Å². The van der Waals surface area contributed by atoms with Crippen LogP contribution in [0.1, 0.15) is 56.5 Å². The van der Waals surface area contributed by atoms with Gasteiger partial charge in [0.25, 0.3) is 0 Å². The topological polar surface area (TPSA) is 28.7 Å². The van der Waals surface area contributed by atoms with Crippen LogP contribution in [0.4, 0.5) is 0 Å². The number of nitrogens with one attached hydrogen (secondary N) is 1. The molecule has 0 fully saturated rings. The molecule has 1 atom stereocenters. The normalized spacial score (nSPS) is 20.2. The SMILES string of the molecule is CC.Cc1[nH]nc2c1CCC[C@@H]2C. The van der Waals surface area contributed by atoms with Gasteiger partial charge in [0.05, 0.1) is 5.69 Å². The molecule has 0 aromatic carbocycles. The zero-order valence-corrected chi connectivity index (χ0v) is 9.15. The summed E-state index contributed by atoms with van der Waals surface area (Å²) in [6, 6.07) is 0. The van der Waals surface area contributed by atoms with E-state index in [2.05, 4.69) is 24.0 Å². The summed E-state index contributed by atoms with van der Waals surface area (Å²) in [4.78, 5) is 0. The number of aromatic amines is 1. The van der Waals surface area contributed by atoms with Crippen molar-refractivity contribution in [1.29, 1.82) is 0 Å². The molecule has 0 radical (unpaired) electrons. The third-order valence-corrected chi connectivity index (χ3v) is 2.64. The van der Waals surface area contributed by atoms with Crippen LogP contribution in [0.25, 0.3) is 0 Å². The fourth-order valence-corrected chi connectivity index (χ4v) is 1.92. The Bertz CT molecular complexity index is 263. The number of rotatable bonds is 0. The quantitative estimate of drug-likeness (QED) is 0.652. The zero-order valence-electron chi connectivity index (χ0n) is 9.15. The second-order valence-electron chi connectivity index (χ2n) is 3.51. The van der Waals surface area contributed by atoms with Gasteiger partial charge in [0.2, 0.25) is 0 Å². The molecular weight excluding hydrogens is 160 g/mol. The van der Waals surface area contributed by atoms with Gasteiger partial charge in [-0.25, -0.2) is 0 Å². The lowest BCUT2D eigenvalue weighted by molar-refractivity contribution is 0.577. The maximum atomic E-state index is 4.31. The molecule has 0 aliphatic heterocycles. The minimum Gasteiger partial charge on any atom is -0.282 e. The van der Waals surface area contributed by atoms with Crippen molar-refractivity contribution in [2.24, 2.45) is 0 Å². The van der Waals surface area contributed by atoms with E-state index in [1.54, 1.807) is 0 Å². The molecule has 0 saturated carbocycles. The number of aryl methyl sites for hydroxylation is 1. The van der Waals surface area contributed by atoms with Crippen LogP contribution in [0.5, 0.6) is 0 Å². The molecule has 13 heavy (non-hydrogen) atoms. The van der Waals surface area contributed by atoms with Gasteiger partial charge in [-0.1, -0.05) is 20.8 Å². The molecular formula is C11H20N2. The van der Waals surface area contributed by atoms with E-state index in [4.69, 9.17) is 0 Å². The van der Waals surface area contributed by atoms with E-state index >= 15 is 0 Å². The van der Waals surface area contributed by atoms with Gasteiger partial charge < -0.3 is 0 Å². The van der Waals surface area contributed by atoms with Crippen LogP contribution in [-0.4, -0.2) is 10.2 Å². The molecule has 2 heteroatoms. The fourth-order valence-electron chi connectivity index (χ4n) is 1.92. The number of hydrogen-bond acceptors (Lipinski definition) is 1. The van der Waals surface area contributed by atoms with Crippen LogP contribution in [0.3, 0.4) is 0 Å². The Morgan fingerprint density at radius 1 is 1.38 bits per heavy atom. The van der Waals surface area contributed by atoms with Crippen molar-refractivity contribution in [1.82, 2.24) is 10.2 Å². The molecule has 1 aliphatic carbocycles. The highest BCUT2D eigenvalue weighted by molar-refractivity contribution is 5.29. The summed E-state index contributed by atoms with van der Waals surface area (Å²) < 4.78 is 0. The Balaban J connectivity index is 0.000000396. The van der Waals surface area contributed by atoms with Crippen molar-refractivity contribution in [2.45, 2.75) is 52.9 Å². The lowest BCUT2D eigenvalue weighted by Gasteiger charge is -2.16. The summed E-state index contributed by atoms with van der Waals surface area (Å²) in [5.74, 6) is 0.670. The Morgan fingerprint density at radius 2 is 2.08 bits per heavy atom. The first-order chi connectivity index (χ1) is 6.29. The van der Waals surface area contributed by atoms with Crippen molar-refractivity contribution < 1.29 is 0 Å². The highest BCUT2D eigenvalue weighted by Gasteiger charge is 2.20. The highest BCUT2D eigenvalue weighted by atomic mass is 15.1. The minimum absolute atomic E-state index is 0.670. The molecule has 1 heterocycles. The van der Waals surface area contributed by atoms with Crippen molar-refractivity contribution in [3.05, 3.63) is 17.0 Å². The van der Waals surface area contributed by atoms with E-state index in [0.717, 1.165) is 0 Å². The standard InChI is InChI=1S/C9H14N2.C2H6/c1-6-4-3-5-8-7(2)10-11-9(6)8;1-2/h6H,3-5H2,1-2H3,(H,10,11);1-2H3/t6-;/m0./s1. The summed E-state index contributed by atoms with van der Waals surface area (Å²) in [5.41, 5.74) is 4.06. The Morgan fingerprint density at radius 3 is 2.69 bits per heavy atom. The average Bonchev–Trinajstić information content (AvgIpc) is 2.53. The van der Waals surface area contributed by atoms with Crippen LogP contribution in [-0.2, 0) is 6.42 Å². The molecule has 2 nitrogen and oxygen atoms in total. The van der Waals surface area contributed by atoms with E-state index in [1.807, 2.05) is 13.8 Å². The van der Waals surface area contributed by atoms with Crippen LogP contribution in [0.15, 0.2) is 0 Å². The van der Waals surface area contributed by atoms with Crippen LogP contribution in [0.2, 0.25) is 0 Å². The Labute approximate surface area is 80.7 Å². The first-order valence-corrected chi connectivity index (χ1v) is 5.33. The molecule has 1 N–H and O–H groups in total. The van der Waals surface area contributed by atoms with Gasteiger partial charge in [0.1, 0.15) is 0 Å². The minimum atomic E-state index is 0.670. The van der Waals surface area contributed by atoms with E-state index in [1.165, 1.54) is 36.2 Å². The number of hydrogen-bond donors (Lipinski definition) is 1. The van der Waals surface area contributed by atoms with Gasteiger partial charge in [-0.2, -0.15) is 5.10 Å². The molecule has 1 aliphatic rings. The number of fused-ring (bicyclic) bond motifs is 1. The maximum Gasteiger partial charge on any atom is 0.0684 e. The second kappa shape index (κ2) is 4.45. The zero-order chi connectivity index (χ0) is 9.84. The molecule has 2 rings (SSSR count). The molecule has 1 aromatic rings. The van der Waals surface area contributed by atoms with Crippen molar-refractivity contribution in [2.75, 3.05) is 0 Å². The molecule has 0 bridgehead atoms. The first-order valence-electron chi connectivity index (χ1n) is 5.33. The maximum absolute atomic E-state index is 4.31. The third kappa shape index (κ3) is 1.93. The van der Waals surface area contributed by atoms with Gasteiger partial charge in [-0.3, -0.25) is 5.10 Å². The molecule has 0 saturated heterocycles. The molecule has 1 aromatic heterocycles. The van der Waals surface area contributed by atoms with Gasteiger partial charge in [0.15, 0.2) is 0 Å². The number of aromatic nitrogens is 2. The fraction of sp³-hybridized carbons (Fsp3) is 0.727. The molecule has 0 unspecified atom stereocenters. The van der Waals surface area contributed by atoms with E-state index in [0.29, 0.717) is 5.92 Å². The van der Waals surface area contributed by atoms with Crippen molar-refractivity contribution in [3.8, 4) is 0 Å². The molecule has 74 valence electrons. The summed E-state index contributed by atoms with van der Waals surface area (Å²) >= 11 is 0. The first kappa shape index (κ1) is 10.3. The lowest BCUT2D eigenvalue weighted by atomic mass is 9.88. The van der Waals surface area contributed by atoms with Crippen LogP contribution >= 0.6 is 0 Å². The van der Waals surface area contributed by atoms with Crippen molar-refractivity contribution >= 4 is 0 Å². The summed E-state index contributed by atoms with van der Waals surface area (Å²) in [6.07, 6.45) is 3.86. The van der Waals surface area contributed by atoms with Gasteiger partial charge in [0, 0.05) is 11.6 Å². The average molecular weight is 180 g/mol. The van der Waals surface area contributed by atoms with E-state index < -0.39 is 0 Å². The van der Waals surface area contributed by atoms with Crippen LogP contribution in [0, 0.1) is 6.92 Å². The summed E-state index contributed by atoms with van der Waals surface area (Å²) in [7, 11) is 0. The summed E-state index contributed by atoms with van der Waals surface area (Å²) in [6.45, 7) is 8.38. The second-order valence-corrected chi connectivity index (χ2v) is 3.51. The van der Waals surface area contributed by atoms with Gasteiger partial charge in [-0.05, 0) is 31.7 Å². The van der Waals surface area contributed by atoms with Crippen molar-refractivity contribution in [3.63, 3.8) is 0 Å². The van der Waals surface area contributed by atoms with Gasteiger partial charge in [-0.15, -0.1) is 0 Å². The Kier molecular flexibility index (Phi) is 3.52. The number of nitrogens with zero attached hydrogens (tertiary/aromatic N) is 1. The predicted octanol–water partition coefficient (Wildman–Crippen LogP) is 3.18. The van der Waals surface area contributed by atoms with Gasteiger partial charge >= 0.3 is 0 Å². The Hall–Kier alpha value is -0.790. The monoisotopic (exact) mass is 180 g/mol.